The van der Waals surface area contributed by atoms with Crippen molar-refractivity contribution in [1.82, 2.24) is 0 Å². The third-order valence-electron chi connectivity index (χ3n) is 3.47. The first kappa shape index (κ1) is 11.7. The fourth-order valence-corrected chi connectivity index (χ4v) is 2.25. The summed E-state index contributed by atoms with van der Waals surface area (Å²) in [4.78, 5) is 14.3. The molecule has 3 nitrogen and oxygen atoms in total. The maximum absolute atomic E-state index is 10.9. The molecular weight excluding hydrogens is 214 g/mol. The van der Waals surface area contributed by atoms with Gasteiger partial charge in [0.05, 0.1) is 6.57 Å². The van der Waals surface area contributed by atoms with E-state index in [1.807, 2.05) is 24.3 Å². The Kier molecular flexibility index (Phi) is 3.14. The highest BCUT2D eigenvalue weighted by atomic mass is 16.5. The summed E-state index contributed by atoms with van der Waals surface area (Å²) >= 11 is 0. The van der Waals surface area contributed by atoms with Crippen molar-refractivity contribution in [2.45, 2.75) is 31.6 Å². The molecule has 1 fully saturated rings. The fraction of sp³-hybridized carbons (Fsp3) is 0.429. The minimum atomic E-state index is -0.228. The molecule has 0 saturated heterocycles. The summed E-state index contributed by atoms with van der Waals surface area (Å²) in [5.41, 5.74) is 1.82. The van der Waals surface area contributed by atoms with E-state index in [2.05, 4.69) is 4.85 Å². The van der Waals surface area contributed by atoms with Crippen LogP contribution in [0.25, 0.3) is 4.85 Å². The van der Waals surface area contributed by atoms with Crippen LogP contribution in [-0.4, -0.2) is 12.6 Å². The van der Waals surface area contributed by atoms with E-state index in [1.54, 1.807) is 0 Å². The van der Waals surface area contributed by atoms with Gasteiger partial charge in [-0.25, -0.2) is 4.85 Å². The molecule has 88 valence electrons. The lowest BCUT2D eigenvalue weighted by Crippen LogP contribution is -2.39. The lowest BCUT2D eigenvalue weighted by molar-refractivity contribution is -0.144. The minimum absolute atomic E-state index is 0.00771. The van der Waals surface area contributed by atoms with Crippen LogP contribution in [0.1, 0.15) is 31.7 Å². The van der Waals surface area contributed by atoms with Gasteiger partial charge in [0.25, 0.3) is 0 Å². The Bertz CT molecular complexity index is 452. The largest absolute Gasteiger partial charge is 0.465 e. The molecule has 1 aromatic carbocycles. The Morgan fingerprint density at radius 2 is 2.06 bits per heavy atom. The Morgan fingerprint density at radius 3 is 2.47 bits per heavy atom. The van der Waals surface area contributed by atoms with E-state index >= 15 is 0 Å². The number of rotatable bonds is 3. The first-order valence-corrected chi connectivity index (χ1v) is 5.78. The summed E-state index contributed by atoms with van der Waals surface area (Å²) in [6.07, 6.45) is 3.28. The van der Waals surface area contributed by atoms with Gasteiger partial charge in [0, 0.05) is 12.3 Å². The molecule has 2 rings (SSSR count). The van der Waals surface area contributed by atoms with E-state index in [1.165, 1.54) is 18.9 Å². The van der Waals surface area contributed by atoms with Crippen LogP contribution in [0, 0.1) is 6.57 Å². The molecule has 0 aliphatic heterocycles. The summed E-state index contributed by atoms with van der Waals surface area (Å²) in [7, 11) is 0. The normalized spacial score (nSPS) is 16.7. The average Bonchev–Trinajstić information content (AvgIpc) is 2.28. The number of hydrogen-bond donors (Lipinski definition) is 0. The maximum Gasteiger partial charge on any atom is 0.302 e. The lowest BCUT2D eigenvalue weighted by atomic mass is 9.65. The van der Waals surface area contributed by atoms with Crippen molar-refractivity contribution in [3.8, 4) is 0 Å². The smallest absolute Gasteiger partial charge is 0.302 e. The third kappa shape index (κ3) is 2.31. The summed E-state index contributed by atoms with van der Waals surface area (Å²) in [6.45, 7) is 8.82. The van der Waals surface area contributed by atoms with Gasteiger partial charge in [-0.2, -0.15) is 0 Å². The molecule has 0 radical (unpaired) electrons. The highest BCUT2D eigenvalue weighted by molar-refractivity contribution is 5.66. The second-order valence-electron chi connectivity index (χ2n) is 4.57. The average molecular weight is 229 g/mol. The van der Waals surface area contributed by atoms with Crippen LogP contribution in [0.2, 0.25) is 0 Å². The highest BCUT2D eigenvalue weighted by Gasteiger charge is 2.39. The number of carbonyl (C=O) groups is 1. The predicted molar refractivity (Wildman–Crippen MR) is 64.9 cm³/mol. The Morgan fingerprint density at radius 1 is 1.41 bits per heavy atom. The van der Waals surface area contributed by atoms with Crippen molar-refractivity contribution in [2.24, 2.45) is 0 Å². The van der Waals surface area contributed by atoms with Gasteiger partial charge in [-0.05, 0) is 18.4 Å². The molecule has 0 heterocycles. The zero-order chi connectivity index (χ0) is 12.3. The fourth-order valence-electron chi connectivity index (χ4n) is 2.25. The van der Waals surface area contributed by atoms with Crippen molar-refractivity contribution in [3.63, 3.8) is 0 Å². The van der Waals surface area contributed by atoms with Crippen LogP contribution in [0.15, 0.2) is 24.3 Å². The third-order valence-corrected chi connectivity index (χ3v) is 3.47. The molecule has 0 unspecified atom stereocenters. The van der Waals surface area contributed by atoms with Crippen LogP contribution in [-0.2, 0) is 14.9 Å². The van der Waals surface area contributed by atoms with Gasteiger partial charge in [-0.1, -0.05) is 30.7 Å². The van der Waals surface area contributed by atoms with Crippen molar-refractivity contribution in [1.29, 1.82) is 0 Å². The molecule has 3 heteroatoms. The number of hydrogen-bond acceptors (Lipinski definition) is 2. The molecule has 1 saturated carbocycles. The van der Waals surface area contributed by atoms with E-state index in [-0.39, 0.29) is 11.4 Å². The van der Waals surface area contributed by atoms with Gasteiger partial charge >= 0.3 is 5.97 Å². The molecule has 0 atom stereocenters. The second kappa shape index (κ2) is 4.58. The SMILES string of the molecule is [C-]#[N+]c1ccc(C2(COC(C)=O)CCC2)cc1. The number of carbonyl (C=O) groups excluding carboxylic acids is 1. The van der Waals surface area contributed by atoms with Crippen molar-refractivity contribution in [3.05, 3.63) is 41.2 Å². The van der Waals surface area contributed by atoms with Gasteiger partial charge in [0.1, 0.15) is 6.61 Å². The van der Waals surface area contributed by atoms with E-state index in [0.29, 0.717) is 12.3 Å². The van der Waals surface area contributed by atoms with Gasteiger partial charge in [0.2, 0.25) is 0 Å². The van der Waals surface area contributed by atoms with Gasteiger partial charge in [0.15, 0.2) is 5.69 Å². The first-order valence-electron chi connectivity index (χ1n) is 5.78. The molecule has 0 spiro atoms. The Hall–Kier alpha value is -1.82. The molecule has 0 bridgehead atoms. The quantitative estimate of drug-likeness (QED) is 0.588. The van der Waals surface area contributed by atoms with Gasteiger partial charge in [-0.15, -0.1) is 0 Å². The topological polar surface area (TPSA) is 30.7 Å². The van der Waals surface area contributed by atoms with E-state index in [9.17, 15) is 4.79 Å². The summed E-state index contributed by atoms with van der Waals surface area (Å²) in [5.74, 6) is -0.228. The molecule has 0 aromatic heterocycles. The van der Waals surface area contributed by atoms with Crippen molar-refractivity contribution in [2.75, 3.05) is 6.61 Å². The molecule has 1 aliphatic carbocycles. The first-order chi connectivity index (χ1) is 8.16. The van der Waals surface area contributed by atoms with Gasteiger partial charge in [-0.3, -0.25) is 4.79 Å². The minimum Gasteiger partial charge on any atom is -0.465 e. The molecular formula is C14H15NO2. The predicted octanol–water partition coefficient (Wildman–Crippen LogP) is 3.22. The lowest BCUT2D eigenvalue weighted by Gasteiger charge is -2.41. The zero-order valence-electron chi connectivity index (χ0n) is 9.90. The Balaban J connectivity index is 2.16. The second-order valence-corrected chi connectivity index (χ2v) is 4.57. The zero-order valence-corrected chi connectivity index (χ0v) is 9.90. The van der Waals surface area contributed by atoms with E-state index in [0.717, 1.165) is 12.8 Å². The summed E-state index contributed by atoms with van der Waals surface area (Å²) in [6, 6.07) is 7.62. The van der Waals surface area contributed by atoms with Crippen molar-refractivity contribution < 1.29 is 9.53 Å². The summed E-state index contributed by atoms with van der Waals surface area (Å²) < 4.78 is 5.16. The molecule has 17 heavy (non-hydrogen) atoms. The number of benzene rings is 1. The van der Waals surface area contributed by atoms with Crippen LogP contribution in [0.4, 0.5) is 5.69 Å². The van der Waals surface area contributed by atoms with Gasteiger partial charge < -0.3 is 4.74 Å². The van der Waals surface area contributed by atoms with E-state index < -0.39 is 0 Å². The molecule has 0 N–H and O–H groups in total. The van der Waals surface area contributed by atoms with E-state index in [4.69, 9.17) is 11.3 Å². The monoisotopic (exact) mass is 229 g/mol. The standard InChI is InChI=1S/C14H15NO2/c1-11(16)17-10-14(8-3-9-14)12-4-6-13(15-2)7-5-12/h4-7H,3,8-10H2,1H3. The summed E-state index contributed by atoms with van der Waals surface area (Å²) in [5, 5.41) is 0. The van der Waals surface area contributed by atoms with Crippen LogP contribution in [0.5, 0.6) is 0 Å². The highest BCUT2D eigenvalue weighted by Crippen LogP contribution is 2.44. The molecule has 1 aliphatic rings. The maximum atomic E-state index is 10.9. The van der Waals surface area contributed by atoms with Crippen LogP contribution in [0.3, 0.4) is 0 Å². The van der Waals surface area contributed by atoms with Crippen molar-refractivity contribution >= 4 is 11.7 Å². The Labute approximate surface area is 101 Å². The molecule has 0 amide bonds. The molecule has 1 aromatic rings. The van der Waals surface area contributed by atoms with Crippen LogP contribution < -0.4 is 0 Å². The van der Waals surface area contributed by atoms with Crippen LogP contribution >= 0.6 is 0 Å². The number of ether oxygens (including phenoxy) is 1. The number of esters is 1. The number of nitrogens with zero attached hydrogens (tertiary/aromatic N) is 1.